The second kappa shape index (κ2) is 19.9. The highest BCUT2D eigenvalue weighted by atomic mass is 79.9. The fraction of sp³-hybridized carbons (Fsp3) is 0.800. The van der Waals surface area contributed by atoms with Gasteiger partial charge in [-0.3, -0.25) is 0 Å². The van der Waals surface area contributed by atoms with Crippen LogP contribution in [0.1, 0.15) is 164 Å². The Morgan fingerprint density at radius 3 is 2.03 bits per heavy atom. The van der Waals surface area contributed by atoms with E-state index in [0.29, 0.717) is 5.56 Å². The van der Waals surface area contributed by atoms with Gasteiger partial charge < -0.3 is 10.1 Å². The van der Waals surface area contributed by atoms with Crippen LogP contribution in [0.15, 0.2) is 24.3 Å². The van der Waals surface area contributed by atoms with Crippen molar-refractivity contribution in [2.45, 2.75) is 160 Å². The van der Waals surface area contributed by atoms with Gasteiger partial charge in [-0.25, -0.2) is 4.79 Å². The highest BCUT2D eigenvalue weighted by molar-refractivity contribution is 9.09. The molecule has 0 heterocycles. The van der Waals surface area contributed by atoms with Gasteiger partial charge in [0.15, 0.2) is 0 Å². The molecule has 0 radical (unpaired) electrons. The van der Waals surface area contributed by atoms with E-state index in [2.05, 4.69) is 21.2 Å². The molecule has 0 unspecified atom stereocenters. The highest BCUT2D eigenvalue weighted by Crippen LogP contribution is 2.37. The first-order chi connectivity index (χ1) is 19.2. The number of ether oxygens (including phenoxy) is 1. The first kappa shape index (κ1) is 32.5. The minimum atomic E-state index is -0.238. The number of benzene rings is 1. The number of anilines is 1. The van der Waals surface area contributed by atoms with Gasteiger partial charge in [-0.1, -0.05) is 119 Å². The van der Waals surface area contributed by atoms with Crippen LogP contribution >= 0.6 is 15.9 Å². The third-order valence-electron chi connectivity index (χ3n) is 9.30. The molecule has 0 amide bonds. The lowest BCUT2D eigenvalue weighted by atomic mass is 9.80. The van der Waals surface area contributed by atoms with Crippen LogP contribution in [0.4, 0.5) is 5.69 Å². The standard InChI is InChI=1S/C35H58BrNO2/c36-29-17-7-3-2-6-14-26-35(27-15-10-16-28-35)39-34(38)32-22-24-33(25-23-32)37-30-18-8-4-1-5-11-19-31-20-12-9-13-21-31/h22-25,31,37H,1-21,26-30H2. The monoisotopic (exact) mass is 603 g/mol. The third kappa shape index (κ3) is 13.5. The number of hydrogen-bond acceptors (Lipinski definition) is 3. The van der Waals surface area contributed by atoms with E-state index in [1.807, 2.05) is 24.3 Å². The average molecular weight is 605 g/mol. The lowest BCUT2D eigenvalue weighted by Gasteiger charge is -2.37. The van der Waals surface area contributed by atoms with Crippen LogP contribution in [0.25, 0.3) is 0 Å². The zero-order chi connectivity index (χ0) is 27.4. The fourth-order valence-electron chi connectivity index (χ4n) is 6.80. The molecule has 0 bridgehead atoms. The molecule has 1 aromatic rings. The molecule has 2 fully saturated rings. The van der Waals surface area contributed by atoms with E-state index in [1.54, 1.807) is 0 Å². The van der Waals surface area contributed by atoms with Gasteiger partial charge in [-0.2, -0.15) is 0 Å². The van der Waals surface area contributed by atoms with E-state index in [9.17, 15) is 4.79 Å². The molecule has 1 aromatic carbocycles. The van der Waals surface area contributed by atoms with Gasteiger partial charge in [0.25, 0.3) is 0 Å². The number of nitrogens with one attached hydrogen (secondary N) is 1. The lowest BCUT2D eigenvalue weighted by Crippen LogP contribution is -2.37. The average Bonchev–Trinajstić information content (AvgIpc) is 2.97. The molecule has 0 aromatic heterocycles. The summed E-state index contributed by atoms with van der Waals surface area (Å²) in [5, 5.41) is 4.66. The lowest BCUT2D eigenvalue weighted by molar-refractivity contribution is -0.0436. The molecular weight excluding hydrogens is 546 g/mol. The van der Waals surface area contributed by atoms with Crippen molar-refractivity contribution in [3.63, 3.8) is 0 Å². The molecule has 0 aliphatic heterocycles. The number of esters is 1. The third-order valence-corrected chi connectivity index (χ3v) is 9.86. The molecule has 39 heavy (non-hydrogen) atoms. The number of unbranched alkanes of at least 4 members (excludes halogenated alkanes) is 10. The quantitative estimate of drug-likeness (QED) is 0.0914. The Kier molecular flexibility index (Phi) is 16.6. The highest BCUT2D eigenvalue weighted by Gasteiger charge is 2.35. The van der Waals surface area contributed by atoms with Crippen molar-refractivity contribution in [1.29, 1.82) is 0 Å². The summed E-state index contributed by atoms with van der Waals surface area (Å²) in [4.78, 5) is 13.1. The summed E-state index contributed by atoms with van der Waals surface area (Å²) in [6, 6.07) is 7.97. The van der Waals surface area contributed by atoms with Crippen LogP contribution in [0.2, 0.25) is 0 Å². The maximum absolute atomic E-state index is 13.1. The molecule has 2 saturated carbocycles. The van der Waals surface area contributed by atoms with Crippen LogP contribution < -0.4 is 5.32 Å². The predicted octanol–water partition coefficient (Wildman–Crippen LogP) is 11.4. The van der Waals surface area contributed by atoms with E-state index in [4.69, 9.17) is 4.74 Å². The van der Waals surface area contributed by atoms with Crippen molar-refractivity contribution < 1.29 is 9.53 Å². The van der Waals surface area contributed by atoms with Gasteiger partial charge >= 0.3 is 5.97 Å². The van der Waals surface area contributed by atoms with E-state index in [1.165, 1.54) is 135 Å². The van der Waals surface area contributed by atoms with Crippen LogP contribution in [-0.2, 0) is 4.74 Å². The Bertz CT molecular complexity index is 752. The van der Waals surface area contributed by atoms with Gasteiger partial charge in [0, 0.05) is 17.6 Å². The molecule has 2 aliphatic carbocycles. The Labute approximate surface area is 249 Å². The summed E-state index contributed by atoms with van der Waals surface area (Å²) < 4.78 is 6.27. The van der Waals surface area contributed by atoms with E-state index in [-0.39, 0.29) is 11.6 Å². The second-order valence-corrected chi connectivity index (χ2v) is 13.4. The van der Waals surface area contributed by atoms with Crippen molar-refractivity contribution in [1.82, 2.24) is 0 Å². The minimum absolute atomic E-state index is 0.135. The van der Waals surface area contributed by atoms with Crippen LogP contribution in [0.3, 0.4) is 0 Å². The van der Waals surface area contributed by atoms with Gasteiger partial charge in [-0.05, 0) is 81.5 Å². The predicted molar refractivity (Wildman–Crippen MR) is 171 cm³/mol. The smallest absolute Gasteiger partial charge is 0.338 e. The minimum Gasteiger partial charge on any atom is -0.455 e. The summed E-state index contributed by atoms with van der Waals surface area (Å²) in [6.07, 6.45) is 31.4. The Hall–Kier alpha value is -1.03. The Morgan fingerprint density at radius 1 is 0.744 bits per heavy atom. The van der Waals surface area contributed by atoms with E-state index in [0.717, 1.165) is 42.7 Å². The maximum Gasteiger partial charge on any atom is 0.338 e. The van der Waals surface area contributed by atoms with Gasteiger partial charge in [0.1, 0.15) is 5.60 Å². The summed E-state index contributed by atoms with van der Waals surface area (Å²) in [5.41, 5.74) is 1.55. The SMILES string of the molecule is O=C(OC1(CCCCCCCCBr)CCCCC1)c1ccc(NCCCCCCCCC2CCCCC2)cc1. The van der Waals surface area contributed by atoms with Crippen LogP contribution in [0.5, 0.6) is 0 Å². The summed E-state index contributed by atoms with van der Waals surface area (Å²) in [7, 11) is 0. The molecule has 222 valence electrons. The Balaban J connectivity index is 1.28. The van der Waals surface area contributed by atoms with Gasteiger partial charge in [0.2, 0.25) is 0 Å². The normalized spacial score (nSPS) is 17.7. The summed E-state index contributed by atoms with van der Waals surface area (Å²) >= 11 is 3.52. The molecule has 4 heteroatoms. The van der Waals surface area contributed by atoms with Crippen molar-refractivity contribution >= 4 is 27.6 Å². The van der Waals surface area contributed by atoms with E-state index >= 15 is 0 Å². The van der Waals surface area contributed by atoms with Crippen LogP contribution in [-0.4, -0.2) is 23.4 Å². The van der Waals surface area contributed by atoms with Gasteiger partial charge in [-0.15, -0.1) is 0 Å². The number of hydrogen-bond donors (Lipinski definition) is 1. The molecular formula is C35H58BrNO2. The summed E-state index contributed by atoms with van der Waals surface area (Å²) in [5.74, 6) is 0.905. The zero-order valence-corrected chi connectivity index (χ0v) is 26.6. The molecule has 3 nitrogen and oxygen atoms in total. The fourth-order valence-corrected chi connectivity index (χ4v) is 7.20. The second-order valence-electron chi connectivity index (χ2n) is 12.6. The molecule has 1 N–H and O–H groups in total. The zero-order valence-electron chi connectivity index (χ0n) is 25.0. The molecule has 3 rings (SSSR count). The number of carbonyl (C=O) groups is 1. The van der Waals surface area contributed by atoms with Crippen molar-refractivity contribution in [2.75, 3.05) is 17.2 Å². The maximum atomic E-state index is 13.1. The first-order valence-corrected chi connectivity index (χ1v) is 18.0. The summed E-state index contributed by atoms with van der Waals surface area (Å²) in [6.45, 7) is 1.01. The van der Waals surface area contributed by atoms with Crippen LogP contribution in [0, 0.1) is 5.92 Å². The number of carbonyl (C=O) groups excluding carboxylic acids is 1. The molecule has 2 aliphatic rings. The number of alkyl halides is 1. The van der Waals surface area contributed by atoms with E-state index < -0.39 is 0 Å². The molecule has 0 spiro atoms. The molecule has 0 atom stereocenters. The first-order valence-electron chi connectivity index (χ1n) is 16.8. The Morgan fingerprint density at radius 2 is 1.33 bits per heavy atom. The van der Waals surface area contributed by atoms with Gasteiger partial charge in [0.05, 0.1) is 5.56 Å². The van der Waals surface area contributed by atoms with Crippen molar-refractivity contribution in [3.8, 4) is 0 Å². The molecule has 0 saturated heterocycles. The largest absolute Gasteiger partial charge is 0.455 e. The van der Waals surface area contributed by atoms with Crippen molar-refractivity contribution in [3.05, 3.63) is 29.8 Å². The van der Waals surface area contributed by atoms with Crippen molar-refractivity contribution in [2.24, 2.45) is 5.92 Å². The topological polar surface area (TPSA) is 38.3 Å². The number of halogens is 1. The number of rotatable bonds is 20.